The molecule has 0 amide bonds. The zero-order valence-corrected chi connectivity index (χ0v) is 9.90. The van der Waals surface area contributed by atoms with Crippen LogP contribution in [0.4, 0.5) is 0 Å². The van der Waals surface area contributed by atoms with Gasteiger partial charge in [-0.1, -0.05) is 34.1 Å². The molecular weight excluding hydrogens is 256 g/mol. The van der Waals surface area contributed by atoms with E-state index in [1.165, 1.54) is 0 Å². The number of aliphatic hydroxyl groups excluding tert-OH is 1. The molecule has 1 aromatic carbocycles. The molecule has 78 valence electrons. The number of halogens is 1. The molecule has 1 N–H and O–H groups in total. The highest BCUT2D eigenvalue weighted by Crippen LogP contribution is 2.27. The lowest BCUT2D eigenvalue weighted by molar-refractivity contribution is 0.270. The highest BCUT2D eigenvalue weighted by molar-refractivity contribution is 9.10. The molecule has 0 aliphatic carbocycles. The first-order valence-electron chi connectivity index (χ1n) is 4.61. The normalized spacial score (nSPS) is 10.6. The molecular formula is C11H11BrN2O. The first-order chi connectivity index (χ1) is 7.22. The van der Waals surface area contributed by atoms with Gasteiger partial charge in [-0.3, -0.25) is 4.68 Å². The van der Waals surface area contributed by atoms with Gasteiger partial charge in [0, 0.05) is 17.1 Å². The molecule has 0 fully saturated rings. The van der Waals surface area contributed by atoms with E-state index in [-0.39, 0.29) is 6.61 Å². The van der Waals surface area contributed by atoms with Gasteiger partial charge < -0.3 is 5.11 Å². The van der Waals surface area contributed by atoms with Crippen molar-refractivity contribution in [3.63, 3.8) is 0 Å². The smallest absolute Gasteiger partial charge is 0.0938 e. The van der Waals surface area contributed by atoms with Crippen LogP contribution in [0.1, 0.15) is 5.69 Å². The zero-order chi connectivity index (χ0) is 10.8. The topological polar surface area (TPSA) is 38.0 Å². The molecule has 0 atom stereocenters. The Morgan fingerprint density at radius 1 is 1.40 bits per heavy atom. The number of hydrogen-bond donors (Lipinski definition) is 1. The largest absolute Gasteiger partial charge is 0.390 e. The number of aryl methyl sites for hydroxylation is 1. The monoisotopic (exact) mass is 266 g/mol. The number of aliphatic hydroxyl groups is 1. The van der Waals surface area contributed by atoms with Gasteiger partial charge in [-0.2, -0.15) is 5.10 Å². The highest BCUT2D eigenvalue weighted by Gasteiger charge is 2.08. The van der Waals surface area contributed by atoms with Gasteiger partial charge in [-0.15, -0.1) is 0 Å². The minimum Gasteiger partial charge on any atom is -0.390 e. The van der Waals surface area contributed by atoms with Crippen molar-refractivity contribution in [1.29, 1.82) is 0 Å². The average Bonchev–Trinajstić information content (AvgIpc) is 2.60. The van der Waals surface area contributed by atoms with Crippen molar-refractivity contribution in [3.05, 3.63) is 40.5 Å². The van der Waals surface area contributed by atoms with Crippen LogP contribution in [0.3, 0.4) is 0 Å². The summed E-state index contributed by atoms with van der Waals surface area (Å²) in [5.74, 6) is 0. The molecule has 0 saturated carbocycles. The average molecular weight is 267 g/mol. The van der Waals surface area contributed by atoms with E-state index in [4.69, 9.17) is 5.11 Å². The first kappa shape index (κ1) is 10.4. The standard InChI is InChI=1S/C11H11BrN2O/c1-14-8(7-15)6-11(13-14)9-4-2-3-5-10(9)12/h2-6,15H,7H2,1H3. The van der Waals surface area contributed by atoms with E-state index in [1.807, 2.05) is 37.4 Å². The van der Waals surface area contributed by atoms with E-state index in [9.17, 15) is 0 Å². The minimum absolute atomic E-state index is 0.00789. The predicted molar refractivity (Wildman–Crippen MR) is 62.3 cm³/mol. The Bertz CT molecular complexity index is 479. The summed E-state index contributed by atoms with van der Waals surface area (Å²) in [6.45, 7) is 0.00789. The molecule has 0 unspecified atom stereocenters. The molecule has 2 aromatic rings. The van der Waals surface area contributed by atoms with Crippen LogP contribution < -0.4 is 0 Å². The Morgan fingerprint density at radius 2 is 2.13 bits per heavy atom. The number of benzene rings is 1. The molecule has 1 aromatic heterocycles. The van der Waals surface area contributed by atoms with Crippen LogP contribution >= 0.6 is 15.9 Å². The van der Waals surface area contributed by atoms with Crippen LogP contribution in [-0.4, -0.2) is 14.9 Å². The van der Waals surface area contributed by atoms with Crippen LogP contribution in [0.5, 0.6) is 0 Å². The van der Waals surface area contributed by atoms with Gasteiger partial charge in [0.05, 0.1) is 18.0 Å². The van der Waals surface area contributed by atoms with Gasteiger partial charge >= 0.3 is 0 Å². The van der Waals surface area contributed by atoms with E-state index in [1.54, 1.807) is 4.68 Å². The van der Waals surface area contributed by atoms with E-state index in [2.05, 4.69) is 21.0 Å². The van der Waals surface area contributed by atoms with Crippen LogP contribution in [0.25, 0.3) is 11.3 Å². The summed E-state index contributed by atoms with van der Waals surface area (Å²) >= 11 is 3.48. The van der Waals surface area contributed by atoms with Gasteiger partial charge in [0.1, 0.15) is 0 Å². The molecule has 0 bridgehead atoms. The molecule has 0 radical (unpaired) electrons. The quantitative estimate of drug-likeness (QED) is 0.906. The van der Waals surface area contributed by atoms with Gasteiger partial charge in [-0.05, 0) is 12.1 Å². The molecule has 0 aliphatic rings. The Labute approximate surface area is 96.5 Å². The lowest BCUT2D eigenvalue weighted by Crippen LogP contribution is -1.96. The summed E-state index contributed by atoms with van der Waals surface area (Å²) in [6.07, 6.45) is 0. The van der Waals surface area contributed by atoms with E-state index < -0.39 is 0 Å². The fourth-order valence-electron chi connectivity index (χ4n) is 1.45. The van der Waals surface area contributed by atoms with Crippen LogP contribution in [-0.2, 0) is 13.7 Å². The SMILES string of the molecule is Cn1nc(-c2ccccc2Br)cc1CO. The highest BCUT2D eigenvalue weighted by atomic mass is 79.9. The van der Waals surface area contributed by atoms with Crippen molar-refractivity contribution in [3.8, 4) is 11.3 Å². The van der Waals surface area contributed by atoms with Crippen molar-refractivity contribution in [2.24, 2.45) is 7.05 Å². The fourth-order valence-corrected chi connectivity index (χ4v) is 1.94. The molecule has 2 rings (SSSR count). The maximum atomic E-state index is 9.08. The van der Waals surface area contributed by atoms with Crippen molar-refractivity contribution in [2.75, 3.05) is 0 Å². The summed E-state index contributed by atoms with van der Waals surface area (Å²) < 4.78 is 2.70. The van der Waals surface area contributed by atoms with Crippen LogP contribution in [0, 0.1) is 0 Å². The third kappa shape index (κ3) is 1.96. The predicted octanol–water partition coefficient (Wildman–Crippen LogP) is 2.34. The Kier molecular flexibility index (Phi) is 2.88. The third-order valence-electron chi connectivity index (χ3n) is 2.29. The van der Waals surface area contributed by atoms with Crippen molar-refractivity contribution < 1.29 is 5.11 Å². The van der Waals surface area contributed by atoms with Gasteiger partial charge in [0.2, 0.25) is 0 Å². The molecule has 0 aliphatic heterocycles. The second kappa shape index (κ2) is 4.16. The van der Waals surface area contributed by atoms with E-state index in [0.717, 1.165) is 21.4 Å². The summed E-state index contributed by atoms with van der Waals surface area (Å²) in [7, 11) is 1.83. The van der Waals surface area contributed by atoms with Crippen molar-refractivity contribution >= 4 is 15.9 Å². The second-order valence-electron chi connectivity index (χ2n) is 3.28. The van der Waals surface area contributed by atoms with Gasteiger partial charge in [-0.25, -0.2) is 0 Å². The maximum absolute atomic E-state index is 9.08. The fraction of sp³-hybridized carbons (Fsp3) is 0.182. The third-order valence-corrected chi connectivity index (χ3v) is 2.98. The first-order valence-corrected chi connectivity index (χ1v) is 5.40. The van der Waals surface area contributed by atoms with Crippen molar-refractivity contribution in [1.82, 2.24) is 9.78 Å². The van der Waals surface area contributed by atoms with Crippen LogP contribution in [0.2, 0.25) is 0 Å². The Balaban J connectivity index is 2.50. The molecule has 0 saturated heterocycles. The molecule has 4 heteroatoms. The van der Waals surface area contributed by atoms with Crippen LogP contribution in [0.15, 0.2) is 34.8 Å². The number of aromatic nitrogens is 2. The number of hydrogen-bond acceptors (Lipinski definition) is 2. The lowest BCUT2D eigenvalue weighted by atomic mass is 10.1. The summed E-state index contributed by atoms with van der Waals surface area (Å²) in [5.41, 5.74) is 2.71. The maximum Gasteiger partial charge on any atom is 0.0938 e. The number of nitrogens with zero attached hydrogens (tertiary/aromatic N) is 2. The summed E-state index contributed by atoms with van der Waals surface area (Å²) in [6, 6.07) is 9.78. The molecule has 15 heavy (non-hydrogen) atoms. The molecule has 3 nitrogen and oxygen atoms in total. The second-order valence-corrected chi connectivity index (χ2v) is 4.14. The van der Waals surface area contributed by atoms with E-state index in [0.29, 0.717) is 0 Å². The Hall–Kier alpha value is -1.13. The summed E-state index contributed by atoms with van der Waals surface area (Å²) in [5, 5.41) is 13.4. The number of rotatable bonds is 2. The van der Waals surface area contributed by atoms with Gasteiger partial charge in [0.15, 0.2) is 0 Å². The minimum atomic E-state index is 0.00789. The molecule has 1 heterocycles. The van der Waals surface area contributed by atoms with Gasteiger partial charge in [0.25, 0.3) is 0 Å². The summed E-state index contributed by atoms with van der Waals surface area (Å²) in [4.78, 5) is 0. The zero-order valence-electron chi connectivity index (χ0n) is 8.31. The van der Waals surface area contributed by atoms with E-state index >= 15 is 0 Å². The van der Waals surface area contributed by atoms with Crippen molar-refractivity contribution in [2.45, 2.75) is 6.61 Å². The lowest BCUT2D eigenvalue weighted by Gasteiger charge is -1.98. The molecule has 0 spiro atoms. The Morgan fingerprint density at radius 3 is 2.73 bits per heavy atom.